The first-order valence-corrected chi connectivity index (χ1v) is 10.7. The monoisotopic (exact) mass is 411 g/mol. The van der Waals surface area contributed by atoms with E-state index >= 15 is 0 Å². The highest BCUT2D eigenvalue weighted by atomic mass is 32.2. The summed E-state index contributed by atoms with van der Waals surface area (Å²) in [5.74, 6) is -0.193. The lowest BCUT2D eigenvalue weighted by Crippen LogP contribution is -2.22. The molecule has 0 bridgehead atoms. The number of amides is 1. The highest BCUT2D eigenvalue weighted by Gasteiger charge is 2.20. The maximum atomic E-state index is 12.5. The van der Waals surface area contributed by atoms with Crippen LogP contribution in [0.5, 0.6) is 0 Å². The normalized spacial score (nSPS) is 12.0. The van der Waals surface area contributed by atoms with Crippen LogP contribution in [0.3, 0.4) is 0 Å². The van der Waals surface area contributed by atoms with E-state index in [2.05, 4.69) is 4.72 Å². The van der Waals surface area contributed by atoms with Crippen molar-refractivity contribution >= 4 is 31.6 Å². The van der Waals surface area contributed by atoms with Crippen LogP contribution in [0.15, 0.2) is 58.3 Å². The lowest BCUT2D eigenvalue weighted by atomic mass is 10.2. The molecule has 0 aromatic heterocycles. The van der Waals surface area contributed by atoms with Gasteiger partial charge < -0.3 is 4.90 Å². The van der Waals surface area contributed by atoms with Gasteiger partial charge in [-0.05, 0) is 48.5 Å². The number of sulfonamides is 2. The molecule has 8 nitrogen and oxygen atoms in total. The minimum atomic E-state index is -3.90. The topological polar surface area (TPSA) is 104 Å². The summed E-state index contributed by atoms with van der Waals surface area (Å²) in [6, 6.07) is 10.9. The summed E-state index contributed by atoms with van der Waals surface area (Å²) < 4.78 is 52.5. The Kier molecular flexibility index (Phi) is 5.93. The number of nitrogens with zero attached hydrogens (tertiary/aromatic N) is 2. The fourth-order valence-corrected chi connectivity index (χ4v) is 4.11. The molecule has 146 valence electrons. The molecule has 1 amide bonds. The van der Waals surface area contributed by atoms with Gasteiger partial charge >= 0.3 is 0 Å². The fourth-order valence-electron chi connectivity index (χ4n) is 2.15. The third kappa shape index (κ3) is 4.65. The molecule has 0 heterocycles. The van der Waals surface area contributed by atoms with Crippen LogP contribution in [0, 0.1) is 0 Å². The van der Waals surface area contributed by atoms with E-state index in [0.717, 1.165) is 4.31 Å². The van der Waals surface area contributed by atoms with Crippen LogP contribution in [0.2, 0.25) is 0 Å². The molecule has 2 aromatic rings. The van der Waals surface area contributed by atoms with Crippen LogP contribution in [0.25, 0.3) is 0 Å². The van der Waals surface area contributed by atoms with Gasteiger partial charge in [0.15, 0.2) is 0 Å². The summed E-state index contributed by atoms with van der Waals surface area (Å²) >= 11 is 0. The molecule has 2 aromatic carbocycles. The van der Waals surface area contributed by atoms with Crippen LogP contribution < -0.4 is 4.72 Å². The summed E-state index contributed by atoms with van der Waals surface area (Å²) in [5, 5.41) is 0. The predicted molar refractivity (Wildman–Crippen MR) is 103 cm³/mol. The molecule has 0 fully saturated rings. The number of anilines is 1. The number of hydrogen-bond donors (Lipinski definition) is 1. The second kappa shape index (κ2) is 7.67. The van der Waals surface area contributed by atoms with Crippen molar-refractivity contribution in [2.24, 2.45) is 0 Å². The van der Waals surface area contributed by atoms with Crippen LogP contribution in [-0.2, 0) is 20.0 Å². The molecule has 0 spiro atoms. The van der Waals surface area contributed by atoms with E-state index in [1.54, 1.807) is 14.1 Å². The van der Waals surface area contributed by atoms with Gasteiger partial charge in [0, 0.05) is 39.4 Å². The van der Waals surface area contributed by atoms with Crippen molar-refractivity contribution in [3.05, 3.63) is 54.1 Å². The third-order valence-electron chi connectivity index (χ3n) is 3.70. The molecule has 2 rings (SSSR count). The molecule has 0 saturated heterocycles. The van der Waals surface area contributed by atoms with Crippen molar-refractivity contribution in [1.29, 1.82) is 0 Å². The Hall–Kier alpha value is -2.43. The molecule has 1 N–H and O–H groups in total. The SMILES string of the molecule is CN(C)C(=O)c1ccc(NS(=O)(=O)c2ccc(S(=O)(=O)N(C)C)cc2)cc1. The van der Waals surface area contributed by atoms with Crippen LogP contribution in [0.1, 0.15) is 10.4 Å². The zero-order valence-corrected chi connectivity index (χ0v) is 17.0. The average Bonchev–Trinajstić information content (AvgIpc) is 2.61. The van der Waals surface area contributed by atoms with Crippen molar-refractivity contribution in [2.75, 3.05) is 32.9 Å². The first-order valence-electron chi connectivity index (χ1n) is 7.82. The van der Waals surface area contributed by atoms with E-state index in [1.807, 2.05) is 0 Å². The van der Waals surface area contributed by atoms with Gasteiger partial charge in [-0.3, -0.25) is 9.52 Å². The van der Waals surface area contributed by atoms with Crippen LogP contribution in [0.4, 0.5) is 5.69 Å². The van der Waals surface area contributed by atoms with Crippen molar-refractivity contribution in [3.63, 3.8) is 0 Å². The molecule has 0 atom stereocenters. The Morgan fingerprint density at radius 1 is 0.778 bits per heavy atom. The smallest absolute Gasteiger partial charge is 0.261 e. The predicted octanol–water partition coefficient (Wildman–Crippen LogP) is 1.44. The number of nitrogens with one attached hydrogen (secondary N) is 1. The molecule has 0 aliphatic carbocycles. The Morgan fingerprint density at radius 2 is 1.26 bits per heavy atom. The largest absolute Gasteiger partial charge is 0.345 e. The molecule has 0 unspecified atom stereocenters. The van der Waals surface area contributed by atoms with Crippen LogP contribution >= 0.6 is 0 Å². The lowest BCUT2D eigenvalue weighted by Gasteiger charge is -2.13. The van der Waals surface area contributed by atoms with E-state index in [4.69, 9.17) is 0 Å². The standard InChI is InChI=1S/C17H21N3O5S2/c1-19(2)17(21)13-5-7-14(8-6-13)18-26(22,23)15-9-11-16(12-10-15)27(24,25)20(3)4/h5-12,18H,1-4H3. The fraction of sp³-hybridized carbons (Fsp3) is 0.235. The Morgan fingerprint density at radius 3 is 1.70 bits per heavy atom. The first-order chi connectivity index (χ1) is 12.4. The molecule has 27 heavy (non-hydrogen) atoms. The van der Waals surface area contributed by atoms with Gasteiger partial charge in [-0.25, -0.2) is 21.1 Å². The van der Waals surface area contributed by atoms with E-state index in [1.165, 1.54) is 67.5 Å². The second-order valence-corrected chi connectivity index (χ2v) is 9.98. The molecule has 0 radical (unpaired) electrons. The minimum absolute atomic E-state index is 0.00185. The summed E-state index contributed by atoms with van der Waals surface area (Å²) in [5.41, 5.74) is 0.719. The van der Waals surface area contributed by atoms with Gasteiger partial charge in [-0.1, -0.05) is 0 Å². The Balaban J connectivity index is 2.23. The van der Waals surface area contributed by atoms with Gasteiger partial charge in [-0.2, -0.15) is 0 Å². The number of hydrogen-bond acceptors (Lipinski definition) is 5. The molecule has 10 heteroatoms. The van der Waals surface area contributed by atoms with Gasteiger partial charge in [0.1, 0.15) is 0 Å². The van der Waals surface area contributed by atoms with Gasteiger partial charge in [0.2, 0.25) is 10.0 Å². The summed E-state index contributed by atoms with van der Waals surface area (Å²) in [6.45, 7) is 0. The maximum absolute atomic E-state index is 12.5. The number of carbonyl (C=O) groups excluding carboxylic acids is 1. The second-order valence-electron chi connectivity index (χ2n) is 6.14. The summed E-state index contributed by atoms with van der Waals surface area (Å²) in [4.78, 5) is 13.2. The van der Waals surface area contributed by atoms with Gasteiger partial charge in [-0.15, -0.1) is 0 Å². The Labute approximate surface area is 159 Å². The van der Waals surface area contributed by atoms with Gasteiger partial charge in [0.25, 0.3) is 15.9 Å². The average molecular weight is 412 g/mol. The molecule has 0 saturated carbocycles. The zero-order valence-electron chi connectivity index (χ0n) is 15.4. The molecule has 0 aliphatic heterocycles. The van der Waals surface area contributed by atoms with Crippen molar-refractivity contribution in [1.82, 2.24) is 9.21 Å². The highest BCUT2D eigenvalue weighted by Crippen LogP contribution is 2.20. The number of carbonyl (C=O) groups is 1. The highest BCUT2D eigenvalue weighted by molar-refractivity contribution is 7.92. The summed E-state index contributed by atoms with van der Waals surface area (Å²) in [6.07, 6.45) is 0. The number of benzene rings is 2. The zero-order chi connectivity index (χ0) is 20.4. The molecule has 0 aliphatic rings. The molecular weight excluding hydrogens is 390 g/mol. The quantitative estimate of drug-likeness (QED) is 0.775. The van der Waals surface area contributed by atoms with Gasteiger partial charge in [0.05, 0.1) is 9.79 Å². The van der Waals surface area contributed by atoms with E-state index in [0.29, 0.717) is 5.56 Å². The van der Waals surface area contributed by atoms with Crippen LogP contribution in [-0.4, -0.2) is 60.1 Å². The van der Waals surface area contributed by atoms with E-state index in [-0.39, 0.29) is 21.4 Å². The van der Waals surface area contributed by atoms with E-state index in [9.17, 15) is 21.6 Å². The summed E-state index contributed by atoms with van der Waals surface area (Å²) in [7, 11) is -1.50. The number of rotatable bonds is 6. The lowest BCUT2D eigenvalue weighted by molar-refractivity contribution is 0.0827. The van der Waals surface area contributed by atoms with Crippen molar-refractivity contribution < 1.29 is 21.6 Å². The van der Waals surface area contributed by atoms with E-state index < -0.39 is 20.0 Å². The molecular formula is C17H21N3O5S2. The van der Waals surface area contributed by atoms with Crippen molar-refractivity contribution in [2.45, 2.75) is 9.79 Å². The van der Waals surface area contributed by atoms with Crippen molar-refractivity contribution in [3.8, 4) is 0 Å². The minimum Gasteiger partial charge on any atom is -0.345 e. The first kappa shape index (κ1) is 20.9. The third-order valence-corrected chi connectivity index (χ3v) is 6.93. The Bertz CT molecular complexity index is 1030. The maximum Gasteiger partial charge on any atom is 0.261 e.